The van der Waals surface area contributed by atoms with Crippen molar-refractivity contribution in [3.8, 4) is 0 Å². The Morgan fingerprint density at radius 1 is 1.43 bits per heavy atom. The van der Waals surface area contributed by atoms with Crippen molar-refractivity contribution in [2.24, 2.45) is 16.5 Å². The molecule has 38 valence electrons. The first kappa shape index (κ1) is 4.49. The topological polar surface area (TPSA) is 64.4 Å². The maximum absolute atomic E-state index is 5.27. The van der Waals surface area contributed by atoms with Gasteiger partial charge in [-0.25, -0.2) is 0 Å². The molecule has 3 heteroatoms. The summed E-state index contributed by atoms with van der Waals surface area (Å²) in [6, 6.07) is 0. The van der Waals surface area contributed by atoms with Gasteiger partial charge in [-0.2, -0.15) is 0 Å². The van der Waals surface area contributed by atoms with Crippen LogP contribution in [0.5, 0.6) is 0 Å². The Hall–Kier alpha value is -0.670. The highest BCUT2D eigenvalue weighted by atomic mass is 15.2. The Labute approximate surface area is 41.7 Å². The van der Waals surface area contributed by atoms with Crippen molar-refractivity contribution < 1.29 is 0 Å². The zero-order valence-electron chi connectivity index (χ0n) is 3.83. The van der Waals surface area contributed by atoms with E-state index in [0.717, 1.165) is 0 Å². The third kappa shape index (κ3) is 0.852. The standard InChI is InChI=1S/C4H7N3/c5-4(6)2-1-3-7-4/h1-3H,5-6H2. The predicted octanol–water partition coefficient (Wildman–Crippen LogP) is -0.802. The largest absolute Gasteiger partial charge is 0.291 e. The molecule has 0 amide bonds. The van der Waals surface area contributed by atoms with Gasteiger partial charge in [0.1, 0.15) is 0 Å². The van der Waals surface area contributed by atoms with Crippen LogP contribution in [-0.2, 0) is 0 Å². The summed E-state index contributed by atoms with van der Waals surface area (Å²) in [7, 11) is 0. The Bertz CT molecular complexity index is 109. The van der Waals surface area contributed by atoms with Gasteiger partial charge in [0.2, 0.25) is 0 Å². The molecule has 4 N–H and O–H groups in total. The number of hydrogen-bond donors (Lipinski definition) is 2. The summed E-state index contributed by atoms with van der Waals surface area (Å²) in [5, 5.41) is 0. The van der Waals surface area contributed by atoms with Crippen LogP contribution >= 0.6 is 0 Å². The number of rotatable bonds is 0. The third-order valence-corrected chi connectivity index (χ3v) is 0.747. The molecule has 0 unspecified atom stereocenters. The quantitative estimate of drug-likeness (QED) is 0.388. The summed E-state index contributed by atoms with van der Waals surface area (Å²) in [6.45, 7) is 0. The molecule has 1 aliphatic heterocycles. The van der Waals surface area contributed by atoms with Gasteiger partial charge in [-0.3, -0.25) is 16.5 Å². The molecule has 0 atom stereocenters. The SMILES string of the molecule is NC1(N)C=CC=N1. The van der Waals surface area contributed by atoms with Crippen LogP contribution in [-0.4, -0.2) is 12.0 Å². The summed E-state index contributed by atoms with van der Waals surface area (Å²) >= 11 is 0. The second kappa shape index (κ2) is 1.15. The molecule has 0 saturated carbocycles. The molecule has 1 aliphatic rings. The maximum atomic E-state index is 5.27. The van der Waals surface area contributed by atoms with Gasteiger partial charge in [-0.05, 0) is 12.2 Å². The third-order valence-electron chi connectivity index (χ3n) is 0.747. The van der Waals surface area contributed by atoms with Crippen LogP contribution in [0.1, 0.15) is 0 Å². The number of nitrogens with two attached hydrogens (primary N) is 2. The van der Waals surface area contributed by atoms with Crippen molar-refractivity contribution in [2.45, 2.75) is 5.79 Å². The van der Waals surface area contributed by atoms with Gasteiger partial charge in [-0.15, -0.1) is 0 Å². The molecule has 0 radical (unpaired) electrons. The lowest BCUT2D eigenvalue weighted by molar-refractivity contribution is 0.598. The lowest BCUT2D eigenvalue weighted by atomic mass is 10.4. The summed E-state index contributed by atoms with van der Waals surface area (Å²) in [6.07, 6.45) is 4.94. The molecular formula is C4H7N3. The van der Waals surface area contributed by atoms with E-state index in [4.69, 9.17) is 11.5 Å². The van der Waals surface area contributed by atoms with E-state index in [1.165, 1.54) is 0 Å². The van der Waals surface area contributed by atoms with E-state index in [-0.39, 0.29) is 0 Å². The lowest BCUT2D eigenvalue weighted by Gasteiger charge is -2.07. The van der Waals surface area contributed by atoms with E-state index in [2.05, 4.69) is 4.99 Å². The van der Waals surface area contributed by atoms with Crippen LogP contribution < -0.4 is 11.5 Å². The molecule has 3 nitrogen and oxygen atoms in total. The van der Waals surface area contributed by atoms with Crippen molar-refractivity contribution in [1.29, 1.82) is 0 Å². The zero-order valence-corrected chi connectivity index (χ0v) is 3.83. The van der Waals surface area contributed by atoms with Crippen molar-refractivity contribution in [2.75, 3.05) is 0 Å². The fourth-order valence-electron chi connectivity index (χ4n) is 0.412. The molecule has 0 bridgehead atoms. The zero-order chi connectivity index (χ0) is 5.33. The molecule has 1 heterocycles. The van der Waals surface area contributed by atoms with Gasteiger partial charge in [0, 0.05) is 6.21 Å². The van der Waals surface area contributed by atoms with E-state index in [0.29, 0.717) is 0 Å². The van der Waals surface area contributed by atoms with Gasteiger partial charge >= 0.3 is 0 Å². The van der Waals surface area contributed by atoms with E-state index >= 15 is 0 Å². The van der Waals surface area contributed by atoms with Crippen LogP contribution in [0.3, 0.4) is 0 Å². The van der Waals surface area contributed by atoms with Crippen molar-refractivity contribution in [3.05, 3.63) is 12.2 Å². The van der Waals surface area contributed by atoms with Gasteiger partial charge < -0.3 is 0 Å². The van der Waals surface area contributed by atoms with Gasteiger partial charge in [0.05, 0.1) is 0 Å². The molecular weight excluding hydrogens is 90.1 g/mol. The first-order valence-electron chi connectivity index (χ1n) is 2.01. The Balaban J connectivity index is 2.77. The van der Waals surface area contributed by atoms with Gasteiger partial charge in [-0.1, -0.05) is 0 Å². The fourth-order valence-corrected chi connectivity index (χ4v) is 0.412. The van der Waals surface area contributed by atoms with Crippen LogP contribution in [0.4, 0.5) is 0 Å². The summed E-state index contributed by atoms with van der Waals surface area (Å²) in [4.78, 5) is 3.69. The smallest absolute Gasteiger partial charge is 0.179 e. The number of hydrogen-bond acceptors (Lipinski definition) is 3. The predicted molar refractivity (Wildman–Crippen MR) is 28.7 cm³/mol. The summed E-state index contributed by atoms with van der Waals surface area (Å²) in [5.74, 6) is -0.917. The molecule has 0 spiro atoms. The Morgan fingerprint density at radius 3 is 2.29 bits per heavy atom. The first-order valence-corrected chi connectivity index (χ1v) is 2.01. The summed E-state index contributed by atoms with van der Waals surface area (Å²) in [5.41, 5.74) is 10.5. The highest BCUT2D eigenvalue weighted by Gasteiger charge is 2.12. The Kier molecular flexibility index (Phi) is 0.736. The average Bonchev–Trinajstić information content (AvgIpc) is 1.84. The van der Waals surface area contributed by atoms with Crippen molar-refractivity contribution >= 4 is 6.21 Å². The molecule has 0 fully saturated rings. The van der Waals surface area contributed by atoms with E-state index in [1.807, 2.05) is 0 Å². The minimum atomic E-state index is -0.917. The van der Waals surface area contributed by atoms with Crippen LogP contribution in [0.25, 0.3) is 0 Å². The summed E-state index contributed by atoms with van der Waals surface area (Å²) < 4.78 is 0. The average molecular weight is 97.1 g/mol. The lowest BCUT2D eigenvalue weighted by Crippen LogP contribution is -2.43. The van der Waals surface area contributed by atoms with E-state index in [9.17, 15) is 0 Å². The van der Waals surface area contributed by atoms with E-state index < -0.39 is 5.79 Å². The number of allylic oxidation sites excluding steroid dienone is 1. The Morgan fingerprint density at radius 2 is 2.14 bits per heavy atom. The second-order valence-corrected chi connectivity index (χ2v) is 1.52. The number of aliphatic imine (C=N–C) groups is 1. The molecule has 0 aliphatic carbocycles. The van der Waals surface area contributed by atoms with Crippen molar-refractivity contribution in [1.82, 2.24) is 0 Å². The molecule has 0 aromatic heterocycles. The van der Waals surface area contributed by atoms with Gasteiger partial charge in [0.25, 0.3) is 0 Å². The first-order chi connectivity index (χ1) is 3.21. The highest BCUT2D eigenvalue weighted by Crippen LogP contribution is 1.98. The van der Waals surface area contributed by atoms with E-state index in [1.54, 1.807) is 18.4 Å². The normalized spacial score (nSPS) is 23.7. The highest BCUT2D eigenvalue weighted by molar-refractivity contribution is 5.74. The molecule has 1 rings (SSSR count). The number of nitrogens with zero attached hydrogens (tertiary/aromatic N) is 1. The van der Waals surface area contributed by atoms with Crippen LogP contribution in [0.15, 0.2) is 17.1 Å². The van der Waals surface area contributed by atoms with Crippen LogP contribution in [0, 0.1) is 0 Å². The fraction of sp³-hybridized carbons (Fsp3) is 0.250. The van der Waals surface area contributed by atoms with Crippen LogP contribution in [0.2, 0.25) is 0 Å². The molecule has 0 aromatic rings. The minimum Gasteiger partial charge on any atom is -0.291 e. The second-order valence-electron chi connectivity index (χ2n) is 1.52. The minimum absolute atomic E-state index is 0.917. The monoisotopic (exact) mass is 97.1 g/mol. The van der Waals surface area contributed by atoms with Crippen molar-refractivity contribution in [3.63, 3.8) is 0 Å². The maximum Gasteiger partial charge on any atom is 0.179 e. The molecule has 0 saturated heterocycles. The van der Waals surface area contributed by atoms with Gasteiger partial charge in [0.15, 0.2) is 5.79 Å². The molecule has 0 aromatic carbocycles. The molecule has 7 heavy (non-hydrogen) atoms.